The highest BCUT2D eigenvalue weighted by atomic mass is 14.6. The summed E-state index contributed by atoms with van der Waals surface area (Å²) in [6, 6.07) is 6.93. The van der Waals surface area contributed by atoms with Gasteiger partial charge in [-0.3, -0.25) is 0 Å². The Bertz CT molecular complexity index is 304. The maximum absolute atomic E-state index is 6.08. The molecule has 1 atom stereocenters. The summed E-state index contributed by atoms with van der Waals surface area (Å²) in [5.41, 5.74) is 10.5. The second kappa shape index (κ2) is 3.51. The molecule has 0 saturated carbocycles. The SMILES string of the molecule is CCCc1cccc2c1C(N)CC2. The molecule has 70 valence electrons. The van der Waals surface area contributed by atoms with E-state index in [4.69, 9.17) is 5.73 Å². The first-order chi connectivity index (χ1) is 6.33. The first-order valence-electron chi connectivity index (χ1n) is 5.19. The highest BCUT2D eigenvalue weighted by Crippen LogP contribution is 2.32. The van der Waals surface area contributed by atoms with E-state index >= 15 is 0 Å². The van der Waals surface area contributed by atoms with Crippen LogP contribution in [0.15, 0.2) is 18.2 Å². The zero-order valence-corrected chi connectivity index (χ0v) is 8.22. The molecule has 0 spiro atoms. The van der Waals surface area contributed by atoms with Crippen molar-refractivity contribution in [3.05, 3.63) is 34.9 Å². The highest BCUT2D eigenvalue weighted by Gasteiger charge is 2.20. The molecule has 0 radical (unpaired) electrons. The third-order valence-electron chi connectivity index (χ3n) is 2.90. The Hall–Kier alpha value is -0.820. The zero-order valence-electron chi connectivity index (χ0n) is 8.22. The topological polar surface area (TPSA) is 26.0 Å². The number of aryl methyl sites for hydroxylation is 2. The molecule has 1 aromatic carbocycles. The average molecular weight is 175 g/mol. The standard InChI is InChI=1S/C12H17N/c1-2-4-9-5-3-6-10-7-8-11(13)12(9)10/h3,5-6,11H,2,4,7-8,13H2,1H3. The van der Waals surface area contributed by atoms with Crippen LogP contribution in [0.25, 0.3) is 0 Å². The number of nitrogens with two attached hydrogens (primary N) is 1. The highest BCUT2D eigenvalue weighted by molar-refractivity contribution is 5.41. The van der Waals surface area contributed by atoms with Gasteiger partial charge in [0.15, 0.2) is 0 Å². The van der Waals surface area contributed by atoms with Gasteiger partial charge < -0.3 is 5.73 Å². The second-order valence-electron chi connectivity index (χ2n) is 3.89. The fourth-order valence-electron chi connectivity index (χ4n) is 2.30. The van der Waals surface area contributed by atoms with E-state index < -0.39 is 0 Å². The summed E-state index contributed by atoms with van der Waals surface area (Å²) in [4.78, 5) is 0. The van der Waals surface area contributed by atoms with Gasteiger partial charge >= 0.3 is 0 Å². The minimum Gasteiger partial charge on any atom is -0.324 e. The van der Waals surface area contributed by atoms with Gasteiger partial charge in [0.05, 0.1) is 0 Å². The first-order valence-corrected chi connectivity index (χ1v) is 5.19. The van der Waals surface area contributed by atoms with Crippen molar-refractivity contribution in [1.29, 1.82) is 0 Å². The quantitative estimate of drug-likeness (QED) is 0.734. The Balaban J connectivity index is 2.41. The number of fused-ring (bicyclic) bond motifs is 1. The fourth-order valence-corrected chi connectivity index (χ4v) is 2.30. The molecule has 2 N–H and O–H groups in total. The van der Waals surface area contributed by atoms with Crippen molar-refractivity contribution >= 4 is 0 Å². The summed E-state index contributed by atoms with van der Waals surface area (Å²) in [6.07, 6.45) is 4.70. The number of benzene rings is 1. The Morgan fingerprint density at radius 2 is 2.31 bits per heavy atom. The maximum Gasteiger partial charge on any atom is 0.0303 e. The van der Waals surface area contributed by atoms with Gasteiger partial charge in [0, 0.05) is 6.04 Å². The third-order valence-corrected chi connectivity index (χ3v) is 2.90. The van der Waals surface area contributed by atoms with Gasteiger partial charge in [-0.15, -0.1) is 0 Å². The molecule has 2 rings (SSSR count). The Kier molecular flexibility index (Phi) is 2.36. The number of hydrogen-bond acceptors (Lipinski definition) is 1. The lowest BCUT2D eigenvalue weighted by atomic mass is 9.98. The molecule has 1 heteroatoms. The Labute approximate surface area is 80.0 Å². The smallest absolute Gasteiger partial charge is 0.0303 e. The molecule has 1 aliphatic rings. The zero-order chi connectivity index (χ0) is 9.26. The van der Waals surface area contributed by atoms with E-state index in [1.54, 1.807) is 0 Å². The Morgan fingerprint density at radius 3 is 3.08 bits per heavy atom. The summed E-state index contributed by atoms with van der Waals surface area (Å²) in [6.45, 7) is 2.22. The number of hydrogen-bond donors (Lipinski definition) is 1. The van der Waals surface area contributed by atoms with Gasteiger partial charge in [0.25, 0.3) is 0 Å². The van der Waals surface area contributed by atoms with E-state index in [0.717, 1.165) is 6.42 Å². The third kappa shape index (κ3) is 1.49. The van der Waals surface area contributed by atoms with Crippen molar-refractivity contribution in [1.82, 2.24) is 0 Å². The van der Waals surface area contributed by atoms with Crippen LogP contribution >= 0.6 is 0 Å². The molecule has 0 aromatic heterocycles. The predicted molar refractivity (Wildman–Crippen MR) is 55.7 cm³/mol. The van der Waals surface area contributed by atoms with Crippen molar-refractivity contribution in [2.75, 3.05) is 0 Å². The van der Waals surface area contributed by atoms with Crippen molar-refractivity contribution < 1.29 is 0 Å². The summed E-state index contributed by atoms with van der Waals surface area (Å²) in [7, 11) is 0. The molecule has 1 aromatic rings. The van der Waals surface area contributed by atoms with Crippen LogP contribution in [-0.4, -0.2) is 0 Å². The normalized spacial score (nSPS) is 20.3. The van der Waals surface area contributed by atoms with Crippen LogP contribution in [0.2, 0.25) is 0 Å². The molecule has 0 amide bonds. The summed E-state index contributed by atoms with van der Waals surface area (Å²) in [5.74, 6) is 0. The van der Waals surface area contributed by atoms with E-state index in [2.05, 4.69) is 25.1 Å². The monoisotopic (exact) mass is 175 g/mol. The van der Waals surface area contributed by atoms with Crippen LogP contribution in [0.3, 0.4) is 0 Å². The maximum atomic E-state index is 6.08. The molecule has 0 saturated heterocycles. The van der Waals surface area contributed by atoms with Crippen LogP contribution in [0.1, 0.15) is 42.5 Å². The molecular weight excluding hydrogens is 158 g/mol. The first kappa shape index (κ1) is 8.76. The van der Waals surface area contributed by atoms with Crippen LogP contribution in [0, 0.1) is 0 Å². The Morgan fingerprint density at radius 1 is 1.46 bits per heavy atom. The van der Waals surface area contributed by atoms with Gasteiger partial charge in [0.1, 0.15) is 0 Å². The van der Waals surface area contributed by atoms with Crippen LogP contribution in [-0.2, 0) is 12.8 Å². The van der Waals surface area contributed by atoms with Gasteiger partial charge in [-0.1, -0.05) is 31.5 Å². The van der Waals surface area contributed by atoms with Gasteiger partial charge in [-0.25, -0.2) is 0 Å². The fraction of sp³-hybridized carbons (Fsp3) is 0.500. The molecule has 0 heterocycles. The number of rotatable bonds is 2. The van der Waals surface area contributed by atoms with E-state index in [1.165, 1.54) is 36.0 Å². The summed E-state index contributed by atoms with van der Waals surface area (Å²) in [5, 5.41) is 0. The predicted octanol–water partition coefficient (Wildman–Crippen LogP) is 2.59. The minimum atomic E-state index is 0.303. The lowest BCUT2D eigenvalue weighted by Crippen LogP contribution is -2.08. The van der Waals surface area contributed by atoms with Crippen molar-refractivity contribution in [2.45, 2.75) is 38.6 Å². The van der Waals surface area contributed by atoms with Crippen molar-refractivity contribution in [3.8, 4) is 0 Å². The van der Waals surface area contributed by atoms with E-state index in [1.807, 2.05) is 0 Å². The molecule has 13 heavy (non-hydrogen) atoms. The average Bonchev–Trinajstić information content (AvgIpc) is 2.50. The van der Waals surface area contributed by atoms with Gasteiger partial charge in [0.2, 0.25) is 0 Å². The molecule has 1 nitrogen and oxygen atoms in total. The van der Waals surface area contributed by atoms with E-state index in [0.29, 0.717) is 6.04 Å². The van der Waals surface area contributed by atoms with Crippen LogP contribution < -0.4 is 5.73 Å². The molecule has 0 fully saturated rings. The van der Waals surface area contributed by atoms with Crippen LogP contribution in [0.4, 0.5) is 0 Å². The van der Waals surface area contributed by atoms with Gasteiger partial charge in [-0.2, -0.15) is 0 Å². The van der Waals surface area contributed by atoms with Crippen molar-refractivity contribution in [2.24, 2.45) is 5.73 Å². The molecule has 0 aliphatic heterocycles. The minimum absolute atomic E-state index is 0.303. The van der Waals surface area contributed by atoms with Crippen molar-refractivity contribution in [3.63, 3.8) is 0 Å². The molecular formula is C12H17N. The second-order valence-corrected chi connectivity index (χ2v) is 3.89. The van der Waals surface area contributed by atoms with Crippen LogP contribution in [0.5, 0.6) is 0 Å². The van der Waals surface area contributed by atoms with Gasteiger partial charge in [-0.05, 0) is 36.0 Å². The lowest BCUT2D eigenvalue weighted by molar-refractivity contribution is 0.704. The van der Waals surface area contributed by atoms with E-state index in [-0.39, 0.29) is 0 Å². The molecule has 0 bridgehead atoms. The molecule has 1 unspecified atom stereocenters. The summed E-state index contributed by atoms with van der Waals surface area (Å²) >= 11 is 0. The largest absolute Gasteiger partial charge is 0.324 e. The summed E-state index contributed by atoms with van der Waals surface area (Å²) < 4.78 is 0. The lowest BCUT2D eigenvalue weighted by Gasteiger charge is -2.11. The molecule has 1 aliphatic carbocycles. The van der Waals surface area contributed by atoms with E-state index in [9.17, 15) is 0 Å².